The van der Waals surface area contributed by atoms with Gasteiger partial charge in [0.1, 0.15) is 6.73 Å². The molecular formula is C12H23N3OSi. The maximum absolute atomic E-state index is 5.76. The fourth-order valence-corrected chi connectivity index (χ4v) is 2.71. The third kappa shape index (κ3) is 3.66. The summed E-state index contributed by atoms with van der Waals surface area (Å²) in [6.07, 6.45) is 2.97. The van der Waals surface area contributed by atoms with Crippen LogP contribution in [0.15, 0.2) is 6.33 Å². The van der Waals surface area contributed by atoms with Crippen LogP contribution in [0.3, 0.4) is 0 Å². The second kappa shape index (κ2) is 5.33. The molecule has 0 fully saturated rings. The van der Waals surface area contributed by atoms with E-state index in [0.29, 0.717) is 6.73 Å². The number of hydrogen-bond donors (Lipinski definition) is 1. The summed E-state index contributed by atoms with van der Waals surface area (Å²) in [6, 6.07) is 1.23. The van der Waals surface area contributed by atoms with Crippen molar-refractivity contribution in [1.29, 1.82) is 0 Å². The Labute approximate surface area is 104 Å². The van der Waals surface area contributed by atoms with E-state index in [1.54, 1.807) is 0 Å². The highest BCUT2D eigenvalue weighted by molar-refractivity contribution is 6.76. The molecule has 0 radical (unpaired) electrons. The minimum absolute atomic E-state index is 0.660. The van der Waals surface area contributed by atoms with Gasteiger partial charge in [-0.25, -0.2) is 4.98 Å². The van der Waals surface area contributed by atoms with Crippen LogP contribution in [0.5, 0.6) is 0 Å². The SMILES string of the molecule is C[Si](C)(C)CCOCn1cnc2c1CCNC2. The lowest BCUT2D eigenvalue weighted by molar-refractivity contribution is 0.0850. The molecule has 17 heavy (non-hydrogen) atoms. The van der Waals surface area contributed by atoms with Gasteiger partial charge < -0.3 is 14.6 Å². The molecule has 0 aliphatic carbocycles. The highest BCUT2D eigenvalue weighted by Crippen LogP contribution is 2.13. The molecule has 1 aliphatic rings. The lowest BCUT2D eigenvalue weighted by Gasteiger charge is -2.17. The normalized spacial score (nSPS) is 15.9. The fourth-order valence-electron chi connectivity index (χ4n) is 1.95. The zero-order chi connectivity index (χ0) is 12.3. The number of hydrogen-bond acceptors (Lipinski definition) is 3. The molecule has 0 spiro atoms. The number of aromatic nitrogens is 2. The topological polar surface area (TPSA) is 39.1 Å². The number of nitrogens with one attached hydrogen (secondary N) is 1. The number of nitrogens with zero attached hydrogens (tertiary/aromatic N) is 2. The van der Waals surface area contributed by atoms with E-state index in [2.05, 4.69) is 34.5 Å². The van der Waals surface area contributed by atoms with Crippen molar-refractivity contribution in [1.82, 2.24) is 14.9 Å². The Morgan fingerprint density at radius 1 is 1.47 bits per heavy atom. The van der Waals surface area contributed by atoms with Crippen LogP contribution in [-0.4, -0.2) is 30.8 Å². The van der Waals surface area contributed by atoms with Crippen LogP contribution in [0.1, 0.15) is 11.4 Å². The molecule has 0 aromatic carbocycles. The maximum atomic E-state index is 5.76. The zero-order valence-electron chi connectivity index (χ0n) is 11.1. The van der Waals surface area contributed by atoms with Crippen LogP contribution < -0.4 is 5.32 Å². The van der Waals surface area contributed by atoms with Crippen molar-refractivity contribution < 1.29 is 4.74 Å². The summed E-state index contributed by atoms with van der Waals surface area (Å²) in [4.78, 5) is 4.41. The molecule has 0 saturated heterocycles. The summed E-state index contributed by atoms with van der Waals surface area (Å²) < 4.78 is 7.91. The van der Waals surface area contributed by atoms with Gasteiger partial charge in [0, 0.05) is 39.9 Å². The lowest BCUT2D eigenvalue weighted by atomic mass is 10.2. The molecule has 96 valence electrons. The molecule has 1 aliphatic heterocycles. The molecule has 1 aromatic heterocycles. The summed E-state index contributed by atoms with van der Waals surface area (Å²) >= 11 is 0. The molecule has 1 aromatic rings. The van der Waals surface area contributed by atoms with E-state index >= 15 is 0 Å². The predicted octanol–water partition coefficient (Wildman–Crippen LogP) is 1.84. The first-order valence-electron chi connectivity index (χ1n) is 6.37. The number of rotatable bonds is 5. The Hall–Kier alpha value is -0.653. The van der Waals surface area contributed by atoms with E-state index in [0.717, 1.165) is 26.1 Å². The molecule has 2 rings (SSSR count). The highest BCUT2D eigenvalue weighted by Gasteiger charge is 2.15. The highest BCUT2D eigenvalue weighted by atomic mass is 28.3. The van der Waals surface area contributed by atoms with E-state index in [1.807, 2.05) is 6.33 Å². The maximum Gasteiger partial charge on any atom is 0.124 e. The molecule has 5 heteroatoms. The van der Waals surface area contributed by atoms with Crippen LogP contribution >= 0.6 is 0 Å². The van der Waals surface area contributed by atoms with Gasteiger partial charge >= 0.3 is 0 Å². The van der Waals surface area contributed by atoms with Gasteiger partial charge in [-0.2, -0.15) is 0 Å². The summed E-state index contributed by atoms with van der Waals surface area (Å²) in [5, 5.41) is 3.33. The smallest absolute Gasteiger partial charge is 0.124 e. The van der Waals surface area contributed by atoms with Gasteiger partial charge in [0.25, 0.3) is 0 Å². The first-order chi connectivity index (χ1) is 8.06. The summed E-state index contributed by atoms with van der Waals surface area (Å²) in [6.45, 7) is 10.6. The standard InChI is InChI=1S/C12H23N3OSi/c1-17(2,3)7-6-16-10-15-9-14-11-8-13-5-4-12(11)15/h9,13H,4-8,10H2,1-3H3. The van der Waals surface area contributed by atoms with Gasteiger partial charge in [-0.05, 0) is 6.04 Å². The average Bonchev–Trinajstić information content (AvgIpc) is 2.67. The minimum Gasteiger partial charge on any atom is -0.361 e. The van der Waals surface area contributed by atoms with Crippen molar-refractivity contribution >= 4 is 8.07 Å². The van der Waals surface area contributed by atoms with E-state index in [1.165, 1.54) is 17.4 Å². The number of imidazole rings is 1. The van der Waals surface area contributed by atoms with Gasteiger partial charge in [-0.3, -0.25) is 0 Å². The summed E-state index contributed by atoms with van der Waals surface area (Å²) in [5.41, 5.74) is 2.53. The second-order valence-electron chi connectivity index (χ2n) is 5.88. The molecule has 0 atom stereocenters. The van der Waals surface area contributed by atoms with Crippen molar-refractivity contribution in [3.63, 3.8) is 0 Å². The quantitative estimate of drug-likeness (QED) is 0.643. The monoisotopic (exact) mass is 253 g/mol. The molecule has 0 amide bonds. The molecule has 0 saturated carbocycles. The van der Waals surface area contributed by atoms with Crippen molar-refractivity contribution in [2.45, 2.75) is 45.4 Å². The molecular weight excluding hydrogens is 230 g/mol. The van der Waals surface area contributed by atoms with Gasteiger partial charge in [-0.1, -0.05) is 19.6 Å². The molecule has 0 bridgehead atoms. The molecule has 2 heterocycles. The fraction of sp³-hybridized carbons (Fsp3) is 0.750. The molecule has 0 unspecified atom stereocenters. The lowest BCUT2D eigenvalue weighted by Crippen LogP contribution is -2.25. The largest absolute Gasteiger partial charge is 0.361 e. The van der Waals surface area contributed by atoms with Crippen LogP contribution in [0.25, 0.3) is 0 Å². The Morgan fingerprint density at radius 2 is 2.29 bits per heavy atom. The Morgan fingerprint density at radius 3 is 3.06 bits per heavy atom. The van der Waals surface area contributed by atoms with Crippen molar-refractivity contribution in [2.75, 3.05) is 13.2 Å². The van der Waals surface area contributed by atoms with Gasteiger partial charge in [0.2, 0.25) is 0 Å². The third-order valence-electron chi connectivity index (χ3n) is 3.09. The Kier molecular flexibility index (Phi) is 4.01. The molecule has 1 N–H and O–H groups in total. The first kappa shape index (κ1) is 12.8. The Balaban J connectivity index is 1.81. The third-order valence-corrected chi connectivity index (χ3v) is 4.79. The van der Waals surface area contributed by atoms with Gasteiger partial charge in [-0.15, -0.1) is 0 Å². The van der Waals surface area contributed by atoms with Gasteiger partial charge in [0.05, 0.1) is 12.0 Å². The van der Waals surface area contributed by atoms with E-state index < -0.39 is 8.07 Å². The van der Waals surface area contributed by atoms with E-state index in [4.69, 9.17) is 4.74 Å². The van der Waals surface area contributed by atoms with E-state index in [-0.39, 0.29) is 0 Å². The Bertz CT molecular complexity index is 370. The van der Waals surface area contributed by atoms with Crippen molar-refractivity contribution in [3.8, 4) is 0 Å². The van der Waals surface area contributed by atoms with Gasteiger partial charge in [0.15, 0.2) is 0 Å². The van der Waals surface area contributed by atoms with Crippen LogP contribution in [0, 0.1) is 0 Å². The van der Waals surface area contributed by atoms with Crippen LogP contribution in [-0.2, 0) is 24.4 Å². The number of ether oxygens (including phenoxy) is 1. The molecule has 4 nitrogen and oxygen atoms in total. The summed E-state index contributed by atoms with van der Waals surface area (Å²) in [5.74, 6) is 0. The number of fused-ring (bicyclic) bond motifs is 1. The van der Waals surface area contributed by atoms with Crippen LogP contribution in [0.4, 0.5) is 0 Å². The minimum atomic E-state index is -0.968. The van der Waals surface area contributed by atoms with Crippen molar-refractivity contribution in [3.05, 3.63) is 17.7 Å². The average molecular weight is 253 g/mol. The van der Waals surface area contributed by atoms with Crippen molar-refractivity contribution in [2.24, 2.45) is 0 Å². The second-order valence-corrected chi connectivity index (χ2v) is 11.5. The zero-order valence-corrected chi connectivity index (χ0v) is 12.1. The predicted molar refractivity (Wildman–Crippen MR) is 71.7 cm³/mol. The van der Waals surface area contributed by atoms with Crippen LogP contribution in [0.2, 0.25) is 25.7 Å². The first-order valence-corrected chi connectivity index (χ1v) is 10.1. The van der Waals surface area contributed by atoms with E-state index in [9.17, 15) is 0 Å². The summed E-state index contributed by atoms with van der Waals surface area (Å²) in [7, 11) is -0.968.